The first kappa shape index (κ1) is 11.5. The molecule has 1 heterocycles. The van der Waals surface area contributed by atoms with Crippen LogP contribution in [-0.2, 0) is 9.53 Å². The van der Waals surface area contributed by atoms with Gasteiger partial charge in [0.2, 0.25) is 0 Å². The van der Waals surface area contributed by atoms with Gasteiger partial charge in [0.25, 0.3) is 0 Å². The number of carboxylic acid groups (broad SMARTS) is 1. The van der Waals surface area contributed by atoms with Gasteiger partial charge in [0.15, 0.2) is 5.60 Å². The zero-order valence-corrected chi connectivity index (χ0v) is 8.86. The van der Waals surface area contributed by atoms with Crippen molar-refractivity contribution >= 4 is 5.97 Å². The minimum absolute atomic E-state index is 0.182. The summed E-state index contributed by atoms with van der Waals surface area (Å²) in [5.41, 5.74) is -1.66. The summed E-state index contributed by atoms with van der Waals surface area (Å²) in [5.74, 6) is -1.76. The third-order valence-electron chi connectivity index (χ3n) is 3.16. The van der Waals surface area contributed by atoms with E-state index in [9.17, 15) is 9.90 Å². The van der Waals surface area contributed by atoms with Gasteiger partial charge in [0.05, 0.1) is 6.10 Å². The van der Waals surface area contributed by atoms with Gasteiger partial charge in [0.1, 0.15) is 0 Å². The van der Waals surface area contributed by atoms with Crippen LogP contribution in [0.2, 0.25) is 0 Å². The van der Waals surface area contributed by atoms with Crippen LogP contribution in [0.25, 0.3) is 0 Å². The van der Waals surface area contributed by atoms with Gasteiger partial charge in [0, 0.05) is 12.5 Å². The summed E-state index contributed by atoms with van der Waals surface area (Å²) < 4.78 is 5.29. The summed E-state index contributed by atoms with van der Waals surface area (Å²) in [6.45, 7) is 5.79. The minimum atomic E-state index is -1.66. The SMILES string of the molecule is CC1OCCC1C(O)(C(=O)O)C(C)C. The van der Waals surface area contributed by atoms with E-state index in [1.165, 1.54) is 0 Å². The Labute approximate surface area is 83.9 Å². The van der Waals surface area contributed by atoms with Crippen LogP contribution >= 0.6 is 0 Å². The largest absolute Gasteiger partial charge is 0.479 e. The van der Waals surface area contributed by atoms with Crippen LogP contribution in [0.1, 0.15) is 27.2 Å². The average Bonchev–Trinajstić information content (AvgIpc) is 2.49. The normalized spacial score (nSPS) is 31.8. The Morgan fingerprint density at radius 2 is 2.14 bits per heavy atom. The highest BCUT2D eigenvalue weighted by atomic mass is 16.5. The van der Waals surface area contributed by atoms with Crippen LogP contribution in [0.5, 0.6) is 0 Å². The minimum Gasteiger partial charge on any atom is -0.479 e. The van der Waals surface area contributed by atoms with Crippen LogP contribution in [0.4, 0.5) is 0 Å². The predicted octanol–water partition coefficient (Wildman–Crippen LogP) is 0.883. The van der Waals surface area contributed by atoms with Crippen molar-refractivity contribution in [1.82, 2.24) is 0 Å². The molecule has 0 aliphatic carbocycles. The fraction of sp³-hybridized carbons (Fsp3) is 0.900. The van der Waals surface area contributed by atoms with Crippen molar-refractivity contribution in [2.24, 2.45) is 11.8 Å². The second-order valence-electron chi connectivity index (χ2n) is 4.26. The Bertz CT molecular complexity index is 226. The van der Waals surface area contributed by atoms with E-state index in [1.54, 1.807) is 13.8 Å². The van der Waals surface area contributed by atoms with Gasteiger partial charge in [-0.25, -0.2) is 4.79 Å². The maximum Gasteiger partial charge on any atom is 0.336 e. The number of aliphatic hydroxyl groups is 1. The zero-order chi connectivity index (χ0) is 10.9. The number of carbonyl (C=O) groups is 1. The van der Waals surface area contributed by atoms with Gasteiger partial charge in [-0.05, 0) is 19.3 Å². The molecule has 0 saturated carbocycles. The van der Waals surface area contributed by atoms with Crippen molar-refractivity contribution in [3.8, 4) is 0 Å². The van der Waals surface area contributed by atoms with Gasteiger partial charge >= 0.3 is 5.97 Å². The Balaban J connectivity index is 2.92. The summed E-state index contributed by atoms with van der Waals surface area (Å²) in [6.07, 6.45) is 0.431. The molecule has 1 rings (SSSR count). The van der Waals surface area contributed by atoms with Crippen molar-refractivity contribution in [1.29, 1.82) is 0 Å². The molecule has 0 aromatic heterocycles. The Morgan fingerprint density at radius 3 is 2.43 bits per heavy atom. The van der Waals surface area contributed by atoms with Crippen LogP contribution < -0.4 is 0 Å². The third kappa shape index (κ3) is 1.64. The van der Waals surface area contributed by atoms with Crippen molar-refractivity contribution in [3.63, 3.8) is 0 Å². The van der Waals surface area contributed by atoms with Crippen molar-refractivity contribution in [2.75, 3.05) is 6.61 Å². The molecule has 4 nitrogen and oxygen atoms in total. The highest BCUT2D eigenvalue weighted by Crippen LogP contribution is 2.36. The molecule has 3 atom stereocenters. The smallest absolute Gasteiger partial charge is 0.336 e. The molecule has 1 fully saturated rings. The number of ether oxygens (including phenoxy) is 1. The molecule has 0 aromatic rings. The molecule has 0 radical (unpaired) electrons. The van der Waals surface area contributed by atoms with Crippen molar-refractivity contribution in [2.45, 2.75) is 38.9 Å². The second-order valence-corrected chi connectivity index (χ2v) is 4.26. The second kappa shape index (κ2) is 3.87. The summed E-state index contributed by atoms with van der Waals surface area (Å²) in [4.78, 5) is 11.1. The quantitative estimate of drug-likeness (QED) is 0.713. The van der Waals surface area contributed by atoms with Gasteiger partial charge in [-0.1, -0.05) is 13.8 Å². The number of carboxylic acids is 1. The van der Waals surface area contributed by atoms with E-state index < -0.39 is 11.6 Å². The summed E-state index contributed by atoms with van der Waals surface area (Å²) in [6, 6.07) is 0. The molecular weight excluding hydrogens is 184 g/mol. The molecule has 82 valence electrons. The summed E-state index contributed by atoms with van der Waals surface area (Å²) in [7, 11) is 0. The molecule has 1 saturated heterocycles. The summed E-state index contributed by atoms with van der Waals surface area (Å²) >= 11 is 0. The van der Waals surface area contributed by atoms with Crippen molar-refractivity contribution < 1.29 is 19.7 Å². The lowest BCUT2D eigenvalue weighted by Crippen LogP contribution is -2.52. The first-order valence-electron chi connectivity index (χ1n) is 4.98. The van der Waals surface area contributed by atoms with E-state index in [4.69, 9.17) is 9.84 Å². The molecule has 0 aromatic carbocycles. The van der Waals surface area contributed by atoms with Gasteiger partial charge < -0.3 is 14.9 Å². The van der Waals surface area contributed by atoms with Gasteiger partial charge in [-0.15, -0.1) is 0 Å². The Hall–Kier alpha value is -0.610. The first-order valence-corrected chi connectivity index (χ1v) is 4.98. The van der Waals surface area contributed by atoms with Crippen LogP contribution in [0.3, 0.4) is 0 Å². The molecular formula is C10H18O4. The fourth-order valence-corrected chi connectivity index (χ4v) is 2.14. The molecule has 1 aliphatic heterocycles. The van der Waals surface area contributed by atoms with Crippen LogP contribution in [0.15, 0.2) is 0 Å². The number of hydrogen-bond donors (Lipinski definition) is 2. The molecule has 1 aliphatic rings. The van der Waals surface area contributed by atoms with E-state index in [0.29, 0.717) is 13.0 Å². The number of hydrogen-bond acceptors (Lipinski definition) is 3. The van der Waals surface area contributed by atoms with E-state index in [2.05, 4.69) is 0 Å². The van der Waals surface area contributed by atoms with Gasteiger partial charge in [-0.2, -0.15) is 0 Å². The lowest BCUT2D eigenvalue weighted by molar-refractivity contribution is -0.174. The molecule has 0 bridgehead atoms. The lowest BCUT2D eigenvalue weighted by Gasteiger charge is -2.34. The summed E-state index contributed by atoms with van der Waals surface area (Å²) in [5, 5.41) is 19.2. The Morgan fingerprint density at radius 1 is 1.57 bits per heavy atom. The third-order valence-corrected chi connectivity index (χ3v) is 3.16. The Kier molecular flexibility index (Phi) is 3.17. The number of aliphatic carboxylic acids is 1. The van der Waals surface area contributed by atoms with Gasteiger partial charge in [-0.3, -0.25) is 0 Å². The van der Waals surface area contributed by atoms with Crippen LogP contribution in [-0.4, -0.2) is 34.5 Å². The highest BCUT2D eigenvalue weighted by Gasteiger charge is 2.50. The lowest BCUT2D eigenvalue weighted by atomic mass is 9.75. The van der Waals surface area contributed by atoms with E-state index in [0.717, 1.165) is 0 Å². The molecule has 0 spiro atoms. The predicted molar refractivity (Wildman–Crippen MR) is 50.9 cm³/mol. The monoisotopic (exact) mass is 202 g/mol. The maximum atomic E-state index is 11.1. The molecule has 4 heteroatoms. The average molecular weight is 202 g/mol. The van der Waals surface area contributed by atoms with E-state index in [-0.39, 0.29) is 17.9 Å². The number of rotatable bonds is 3. The van der Waals surface area contributed by atoms with E-state index >= 15 is 0 Å². The molecule has 0 amide bonds. The molecule has 3 unspecified atom stereocenters. The maximum absolute atomic E-state index is 11.1. The fourth-order valence-electron chi connectivity index (χ4n) is 2.14. The van der Waals surface area contributed by atoms with Crippen molar-refractivity contribution in [3.05, 3.63) is 0 Å². The first-order chi connectivity index (χ1) is 6.40. The van der Waals surface area contributed by atoms with E-state index in [1.807, 2.05) is 6.92 Å². The molecule has 2 N–H and O–H groups in total. The topological polar surface area (TPSA) is 66.8 Å². The standard InChI is InChI=1S/C10H18O4/c1-6(2)10(13,9(11)12)8-4-5-14-7(8)3/h6-8,13H,4-5H2,1-3H3,(H,11,12). The highest BCUT2D eigenvalue weighted by molar-refractivity contribution is 5.78. The molecule has 14 heavy (non-hydrogen) atoms. The van der Waals surface area contributed by atoms with Crippen LogP contribution in [0, 0.1) is 11.8 Å². The zero-order valence-electron chi connectivity index (χ0n) is 8.86.